The number of aromatic nitrogens is 5. The summed E-state index contributed by atoms with van der Waals surface area (Å²) in [7, 11) is 1.56. The third-order valence-corrected chi connectivity index (χ3v) is 4.68. The molecule has 1 aliphatic rings. The molecule has 0 spiro atoms. The van der Waals surface area contributed by atoms with Crippen LogP contribution in [0.2, 0.25) is 0 Å². The summed E-state index contributed by atoms with van der Waals surface area (Å²) in [6, 6.07) is 5.61. The summed E-state index contributed by atoms with van der Waals surface area (Å²) in [5, 5.41) is 19.1. The number of rotatable bonds is 6. The molecular weight excluding hydrogens is 372 g/mol. The topological polar surface area (TPSA) is 148 Å². The van der Waals surface area contributed by atoms with Crippen molar-refractivity contribution in [2.24, 2.45) is 5.73 Å². The van der Waals surface area contributed by atoms with Gasteiger partial charge in [-0.05, 0) is 19.8 Å². The van der Waals surface area contributed by atoms with Gasteiger partial charge >= 0.3 is 0 Å². The number of aromatic amines is 1. The number of methoxy groups -OCH3 is 1. The number of hydrogen-bond donors (Lipinski definition) is 3. The highest BCUT2D eigenvalue weighted by atomic mass is 16.5. The molecule has 0 aromatic carbocycles. The zero-order valence-corrected chi connectivity index (χ0v) is 16.0. The maximum atomic E-state index is 8.82. The van der Waals surface area contributed by atoms with E-state index in [1.54, 1.807) is 13.2 Å². The third kappa shape index (κ3) is 3.81. The van der Waals surface area contributed by atoms with Gasteiger partial charge in [-0.2, -0.15) is 10.4 Å². The van der Waals surface area contributed by atoms with Crippen molar-refractivity contribution in [1.82, 2.24) is 25.1 Å². The monoisotopic (exact) mass is 392 g/mol. The van der Waals surface area contributed by atoms with Gasteiger partial charge in [0.1, 0.15) is 29.3 Å². The van der Waals surface area contributed by atoms with Crippen LogP contribution in [0.4, 0.5) is 11.6 Å². The normalized spacial score (nSPS) is 17.9. The van der Waals surface area contributed by atoms with Gasteiger partial charge in [0.25, 0.3) is 0 Å². The van der Waals surface area contributed by atoms with Crippen LogP contribution in [0.5, 0.6) is 11.6 Å². The molecule has 0 aliphatic heterocycles. The molecular formula is C19H20N8O2. The summed E-state index contributed by atoms with van der Waals surface area (Å²) in [6.07, 6.45) is 4.68. The zero-order chi connectivity index (χ0) is 20.4. The Bertz CT molecular complexity index is 1060. The molecule has 3 heterocycles. The molecule has 148 valence electrons. The van der Waals surface area contributed by atoms with Crippen molar-refractivity contribution in [2.45, 2.75) is 31.9 Å². The predicted molar refractivity (Wildman–Crippen MR) is 105 cm³/mol. The van der Waals surface area contributed by atoms with Gasteiger partial charge in [0, 0.05) is 23.9 Å². The molecule has 0 saturated heterocycles. The molecule has 3 aromatic rings. The summed E-state index contributed by atoms with van der Waals surface area (Å²) in [6.45, 7) is 1.88. The molecule has 1 saturated carbocycles. The standard InChI is InChI=1S/C19H20N8O2/c1-10-5-15(29-14-4-3-12(14)21)18(19(24-10)28-2)13-6-16(27-26-13)25-17-9-22-11(7-20)8-23-17/h5-6,8-9,12,14H,3-4,21H2,1-2H3,(H2,23,25,26,27)/t12-,14-/m1/s1. The third-order valence-electron chi connectivity index (χ3n) is 4.68. The molecule has 0 bridgehead atoms. The maximum Gasteiger partial charge on any atom is 0.226 e. The first kappa shape index (κ1) is 18.6. The van der Waals surface area contributed by atoms with Crippen LogP contribution in [-0.2, 0) is 0 Å². The molecule has 0 amide bonds. The van der Waals surface area contributed by atoms with E-state index in [-0.39, 0.29) is 17.8 Å². The second kappa shape index (κ2) is 7.73. The van der Waals surface area contributed by atoms with Crippen LogP contribution in [0.3, 0.4) is 0 Å². The lowest BCUT2D eigenvalue weighted by Gasteiger charge is -2.34. The number of pyridine rings is 1. The fourth-order valence-electron chi connectivity index (χ4n) is 3.00. The molecule has 1 fully saturated rings. The van der Waals surface area contributed by atoms with Gasteiger partial charge in [0.15, 0.2) is 11.5 Å². The number of H-pyrrole nitrogens is 1. The van der Waals surface area contributed by atoms with Crippen LogP contribution in [-0.4, -0.2) is 44.4 Å². The van der Waals surface area contributed by atoms with Gasteiger partial charge in [0.05, 0.1) is 25.2 Å². The largest absolute Gasteiger partial charge is 0.488 e. The number of nitriles is 1. The molecule has 3 aromatic heterocycles. The minimum atomic E-state index is -0.0327. The van der Waals surface area contributed by atoms with E-state index in [1.807, 2.05) is 19.1 Å². The van der Waals surface area contributed by atoms with Gasteiger partial charge in [-0.25, -0.2) is 15.0 Å². The highest BCUT2D eigenvalue weighted by Gasteiger charge is 2.31. The van der Waals surface area contributed by atoms with Crippen LogP contribution in [0.15, 0.2) is 24.5 Å². The van der Waals surface area contributed by atoms with E-state index in [9.17, 15) is 0 Å². The lowest BCUT2D eigenvalue weighted by Crippen LogP contribution is -2.47. The Morgan fingerprint density at radius 3 is 2.72 bits per heavy atom. The fourth-order valence-corrected chi connectivity index (χ4v) is 3.00. The predicted octanol–water partition coefficient (Wildman–Crippen LogP) is 2.06. The van der Waals surface area contributed by atoms with Crippen molar-refractivity contribution in [3.63, 3.8) is 0 Å². The van der Waals surface area contributed by atoms with E-state index < -0.39 is 0 Å². The molecule has 2 atom stereocenters. The molecule has 10 heteroatoms. The highest BCUT2D eigenvalue weighted by Crippen LogP contribution is 2.39. The molecule has 0 unspecified atom stereocenters. The molecule has 10 nitrogen and oxygen atoms in total. The van der Waals surface area contributed by atoms with E-state index in [2.05, 4.69) is 30.5 Å². The summed E-state index contributed by atoms with van der Waals surface area (Å²) in [4.78, 5) is 12.6. The quantitative estimate of drug-likeness (QED) is 0.573. The van der Waals surface area contributed by atoms with Gasteiger partial charge in [0.2, 0.25) is 5.88 Å². The SMILES string of the molecule is COc1nc(C)cc(O[C@@H]2CC[C@H]2N)c1-c1cc(Nc2cnc(C#N)cn2)n[nH]1. The average Bonchev–Trinajstić information content (AvgIpc) is 3.18. The second-order valence-electron chi connectivity index (χ2n) is 6.73. The lowest BCUT2D eigenvalue weighted by atomic mass is 9.90. The Labute approximate surface area is 167 Å². The van der Waals surface area contributed by atoms with E-state index >= 15 is 0 Å². The van der Waals surface area contributed by atoms with Gasteiger partial charge < -0.3 is 20.5 Å². The van der Waals surface area contributed by atoms with Gasteiger partial charge in [-0.3, -0.25) is 5.10 Å². The van der Waals surface area contributed by atoms with E-state index in [0.717, 1.165) is 18.5 Å². The number of aryl methyl sites for hydroxylation is 1. The van der Waals surface area contributed by atoms with Crippen molar-refractivity contribution in [3.8, 4) is 29.0 Å². The van der Waals surface area contributed by atoms with Crippen molar-refractivity contribution < 1.29 is 9.47 Å². The second-order valence-corrected chi connectivity index (χ2v) is 6.73. The minimum Gasteiger partial charge on any atom is -0.488 e. The average molecular weight is 392 g/mol. The smallest absolute Gasteiger partial charge is 0.226 e. The Hall–Kier alpha value is -3.71. The summed E-state index contributed by atoms with van der Waals surface area (Å²) in [5.41, 5.74) is 8.40. The van der Waals surface area contributed by atoms with Crippen molar-refractivity contribution in [1.29, 1.82) is 5.26 Å². The van der Waals surface area contributed by atoms with E-state index in [4.69, 9.17) is 20.5 Å². The number of nitrogens with zero attached hydrogens (tertiary/aromatic N) is 5. The van der Waals surface area contributed by atoms with Crippen molar-refractivity contribution in [2.75, 3.05) is 12.4 Å². The highest BCUT2D eigenvalue weighted by molar-refractivity contribution is 5.75. The van der Waals surface area contributed by atoms with Gasteiger partial charge in [-0.15, -0.1) is 0 Å². The van der Waals surface area contributed by atoms with Crippen LogP contribution < -0.4 is 20.5 Å². The first-order valence-electron chi connectivity index (χ1n) is 9.10. The van der Waals surface area contributed by atoms with Gasteiger partial charge in [-0.1, -0.05) is 0 Å². The number of nitrogens with one attached hydrogen (secondary N) is 2. The first-order chi connectivity index (χ1) is 14.1. The Morgan fingerprint density at radius 2 is 2.10 bits per heavy atom. The zero-order valence-electron chi connectivity index (χ0n) is 16.0. The molecule has 4 rings (SSSR count). The number of ether oxygens (including phenoxy) is 2. The summed E-state index contributed by atoms with van der Waals surface area (Å²) < 4.78 is 11.6. The maximum absolute atomic E-state index is 8.82. The number of anilines is 2. The Morgan fingerprint density at radius 1 is 1.24 bits per heavy atom. The number of nitrogens with two attached hydrogens (primary N) is 1. The molecule has 1 aliphatic carbocycles. The molecule has 0 radical (unpaired) electrons. The van der Waals surface area contributed by atoms with E-state index in [0.29, 0.717) is 34.5 Å². The van der Waals surface area contributed by atoms with E-state index in [1.165, 1.54) is 12.4 Å². The van der Waals surface area contributed by atoms with Crippen LogP contribution in [0, 0.1) is 18.3 Å². The summed E-state index contributed by atoms with van der Waals surface area (Å²) in [5.74, 6) is 2.06. The minimum absolute atomic E-state index is 0.0243. The fraction of sp³-hybridized carbons (Fsp3) is 0.316. The van der Waals surface area contributed by atoms with Crippen LogP contribution >= 0.6 is 0 Å². The van der Waals surface area contributed by atoms with Crippen molar-refractivity contribution in [3.05, 3.63) is 35.9 Å². The number of hydrogen-bond acceptors (Lipinski definition) is 9. The molecule has 4 N–H and O–H groups in total. The Balaban J connectivity index is 1.64. The molecule has 29 heavy (non-hydrogen) atoms. The first-order valence-corrected chi connectivity index (χ1v) is 9.10. The van der Waals surface area contributed by atoms with Crippen LogP contribution in [0.25, 0.3) is 11.3 Å². The summed E-state index contributed by atoms with van der Waals surface area (Å²) >= 11 is 0. The Kier molecular flexibility index (Phi) is 4.97. The lowest BCUT2D eigenvalue weighted by molar-refractivity contribution is 0.0934. The van der Waals surface area contributed by atoms with Crippen molar-refractivity contribution >= 4 is 11.6 Å². The van der Waals surface area contributed by atoms with Crippen LogP contribution in [0.1, 0.15) is 24.2 Å².